The number of hydrogen-bond acceptors (Lipinski definition) is 10. The molecule has 12 nitrogen and oxygen atoms in total. The van der Waals surface area contributed by atoms with Crippen LogP contribution in [-0.2, 0) is 9.31 Å². The predicted octanol–water partition coefficient (Wildman–Crippen LogP) is 2.73. The molecule has 230 valence electrons. The molecular formula is C28H30B2F2N4O8. The molecule has 5 rings (SSSR count). The highest BCUT2D eigenvalue weighted by molar-refractivity contribution is 6.62. The van der Waals surface area contributed by atoms with Crippen LogP contribution < -0.4 is 21.6 Å². The van der Waals surface area contributed by atoms with E-state index in [1.165, 1.54) is 43.7 Å². The van der Waals surface area contributed by atoms with E-state index >= 15 is 0 Å². The Kier molecular flexibility index (Phi) is 9.39. The van der Waals surface area contributed by atoms with Gasteiger partial charge in [-0.25, -0.2) is 8.78 Å². The first-order valence-electron chi connectivity index (χ1n) is 13.3. The second-order valence-electron chi connectivity index (χ2n) is 11.0. The molecule has 1 aliphatic rings. The summed E-state index contributed by atoms with van der Waals surface area (Å²) in [5.74, 6) is -1.89. The van der Waals surface area contributed by atoms with Crippen LogP contribution in [-0.4, -0.2) is 57.6 Å². The minimum atomic E-state index is -1.85. The fourth-order valence-corrected chi connectivity index (χ4v) is 4.08. The van der Waals surface area contributed by atoms with Gasteiger partial charge >= 0.3 is 14.2 Å². The van der Waals surface area contributed by atoms with Gasteiger partial charge in [-0.05, 0) is 87.9 Å². The Balaban J connectivity index is 0.000000209. The van der Waals surface area contributed by atoms with Crippen molar-refractivity contribution in [3.63, 3.8) is 0 Å². The Bertz CT molecular complexity index is 1630. The molecule has 0 unspecified atom stereocenters. The number of aromatic nitrogens is 2. The lowest BCUT2D eigenvalue weighted by molar-refractivity contribution is 0.00578. The molecule has 0 saturated carbocycles. The second kappa shape index (κ2) is 12.7. The minimum Gasteiger partial charge on any atom is -0.423 e. The monoisotopic (exact) mass is 610 g/mol. The van der Waals surface area contributed by atoms with Crippen LogP contribution in [0.4, 0.5) is 20.4 Å². The van der Waals surface area contributed by atoms with E-state index in [1.54, 1.807) is 13.0 Å². The Morgan fingerprint density at radius 1 is 0.795 bits per heavy atom. The molecule has 0 atom stereocenters. The minimum absolute atomic E-state index is 0.0470. The van der Waals surface area contributed by atoms with E-state index in [1.807, 2.05) is 27.7 Å². The summed E-state index contributed by atoms with van der Waals surface area (Å²) in [6.45, 7) is 10.7. The average Bonchev–Trinajstić information content (AvgIpc) is 3.69. The van der Waals surface area contributed by atoms with Gasteiger partial charge in [0.15, 0.2) is 11.6 Å². The molecule has 0 radical (unpaired) electrons. The van der Waals surface area contributed by atoms with Crippen LogP contribution in [0.3, 0.4) is 0 Å². The van der Waals surface area contributed by atoms with Crippen molar-refractivity contribution in [1.82, 2.24) is 10.3 Å². The van der Waals surface area contributed by atoms with Gasteiger partial charge in [0.2, 0.25) is 0 Å². The van der Waals surface area contributed by atoms with E-state index in [9.17, 15) is 18.4 Å². The molecule has 2 aromatic heterocycles. The number of amides is 2. The van der Waals surface area contributed by atoms with Gasteiger partial charge in [-0.3, -0.25) is 9.59 Å². The zero-order chi connectivity index (χ0) is 32.4. The number of nitrogens with zero attached hydrogens (tertiary/aromatic N) is 2. The molecule has 1 saturated heterocycles. The van der Waals surface area contributed by atoms with Crippen molar-refractivity contribution < 1.29 is 46.8 Å². The van der Waals surface area contributed by atoms with Crippen molar-refractivity contribution in [1.29, 1.82) is 0 Å². The Morgan fingerprint density at radius 2 is 1.25 bits per heavy atom. The molecule has 2 amide bonds. The smallest absolute Gasteiger partial charge is 0.423 e. The van der Waals surface area contributed by atoms with Crippen LogP contribution in [0.15, 0.2) is 58.0 Å². The van der Waals surface area contributed by atoms with Gasteiger partial charge < -0.3 is 39.0 Å². The van der Waals surface area contributed by atoms with Gasteiger partial charge in [0.05, 0.1) is 11.2 Å². The predicted molar refractivity (Wildman–Crippen MR) is 157 cm³/mol. The summed E-state index contributed by atoms with van der Waals surface area (Å²) in [5, 5.41) is 30.3. The van der Waals surface area contributed by atoms with Crippen LogP contribution in [0, 0.1) is 25.5 Å². The van der Waals surface area contributed by atoms with Gasteiger partial charge in [0.25, 0.3) is 11.8 Å². The molecule has 0 spiro atoms. The third kappa shape index (κ3) is 7.05. The van der Waals surface area contributed by atoms with Gasteiger partial charge in [-0.1, -0.05) is 10.3 Å². The Labute approximate surface area is 252 Å². The summed E-state index contributed by atoms with van der Waals surface area (Å²) >= 11 is 0. The van der Waals surface area contributed by atoms with Gasteiger partial charge in [0.1, 0.15) is 24.2 Å². The standard InChI is InChI=1S/C17H20BFN2O4.C11H10BFN2O4/c1-10-12(18-24-16(2,3)17(4,5)25-18)8-11(9-13(10)19)15(22)20-14-6-7-23-21-14;1-6-8(12(17)18)4-7(5-9(6)13)11(16)14-10-2-3-19-15-10/h6-9H,1-5H3,(H,20,21,22);2-5,17-18H,1H3,(H,14,15,16). The zero-order valence-corrected chi connectivity index (χ0v) is 24.8. The highest BCUT2D eigenvalue weighted by atomic mass is 19.1. The molecule has 16 heteroatoms. The number of carbonyl (C=O) groups is 2. The van der Waals surface area contributed by atoms with E-state index in [0.29, 0.717) is 11.0 Å². The Hall–Kier alpha value is -4.37. The number of hydrogen-bond donors (Lipinski definition) is 4. The molecule has 1 fully saturated rings. The molecule has 44 heavy (non-hydrogen) atoms. The molecule has 4 N–H and O–H groups in total. The van der Waals surface area contributed by atoms with Gasteiger partial charge in [0, 0.05) is 23.3 Å². The van der Waals surface area contributed by atoms with Crippen LogP contribution in [0.25, 0.3) is 0 Å². The molecule has 2 aromatic carbocycles. The lowest BCUT2D eigenvalue weighted by Crippen LogP contribution is -2.41. The van der Waals surface area contributed by atoms with Crippen molar-refractivity contribution in [3.8, 4) is 0 Å². The van der Waals surface area contributed by atoms with Crippen LogP contribution >= 0.6 is 0 Å². The SMILES string of the molecule is Cc1c(F)cc(C(=O)Nc2ccon2)cc1B(O)O.Cc1c(F)cc(C(=O)Nc2ccon2)cc1B1OC(C)(C)C(C)(C)O1. The fourth-order valence-electron chi connectivity index (χ4n) is 4.08. The summed E-state index contributed by atoms with van der Waals surface area (Å²) in [6, 6.07) is 7.90. The van der Waals surface area contributed by atoms with Crippen molar-refractivity contribution in [2.75, 3.05) is 10.6 Å². The normalized spacial score (nSPS) is 14.9. The summed E-state index contributed by atoms with van der Waals surface area (Å²) in [6.07, 6.45) is 2.61. The third-order valence-corrected chi connectivity index (χ3v) is 7.44. The van der Waals surface area contributed by atoms with Gasteiger partial charge in [-0.15, -0.1) is 0 Å². The molecule has 0 aliphatic carbocycles. The summed E-state index contributed by atoms with van der Waals surface area (Å²) in [5.41, 5.74) is -0.122. The average molecular weight is 610 g/mol. The van der Waals surface area contributed by atoms with E-state index in [4.69, 9.17) is 19.4 Å². The van der Waals surface area contributed by atoms with Crippen molar-refractivity contribution in [2.45, 2.75) is 52.7 Å². The summed E-state index contributed by atoms with van der Waals surface area (Å²) < 4.78 is 49.2. The molecular weight excluding hydrogens is 580 g/mol. The maximum atomic E-state index is 14.4. The largest absolute Gasteiger partial charge is 0.495 e. The number of carbonyl (C=O) groups excluding carboxylic acids is 2. The first-order valence-corrected chi connectivity index (χ1v) is 13.3. The molecule has 1 aliphatic heterocycles. The highest BCUT2D eigenvalue weighted by Crippen LogP contribution is 2.37. The lowest BCUT2D eigenvalue weighted by atomic mass is 9.75. The first-order chi connectivity index (χ1) is 20.6. The maximum absolute atomic E-state index is 14.4. The Morgan fingerprint density at radius 3 is 1.68 bits per heavy atom. The quantitative estimate of drug-likeness (QED) is 0.238. The van der Waals surface area contributed by atoms with Crippen molar-refractivity contribution in [3.05, 3.63) is 82.8 Å². The van der Waals surface area contributed by atoms with Crippen molar-refractivity contribution >= 4 is 48.6 Å². The van der Waals surface area contributed by atoms with Gasteiger partial charge in [-0.2, -0.15) is 0 Å². The molecule has 4 aromatic rings. The van der Waals surface area contributed by atoms with E-state index in [-0.39, 0.29) is 33.8 Å². The summed E-state index contributed by atoms with van der Waals surface area (Å²) in [7, 11) is -2.60. The fraction of sp³-hybridized carbons (Fsp3) is 0.286. The number of rotatable bonds is 6. The lowest BCUT2D eigenvalue weighted by Gasteiger charge is -2.32. The van der Waals surface area contributed by atoms with E-state index in [2.05, 4.69) is 30.0 Å². The van der Waals surface area contributed by atoms with E-state index < -0.39 is 48.9 Å². The number of halogens is 2. The summed E-state index contributed by atoms with van der Waals surface area (Å²) in [4.78, 5) is 24.2. The maximum Gasteiger partial charge on any atom is 0.495 e. The van der Waals surface area contributed by atoms with Crippen LogP contribution in [0.2, 0.25) is 0 Å². The third-order valence-electron chi connectivity index (χ3n) is 7.44. The van der Waals surface area contributed by atoms with Crippen LogP contribution in [0.5, 0.6) is 0 Å². The number of nitrogens with one attached hydrogen (secondary N) is 2. The first kappa shape index (κ1) is 32.5. The zero-order valence-electron chi connectivity index (χ0n) is 24.8. The second-order valence-corrected chi connectivity index (χ2v) is 11.0. The van der Waals surface area contributed by atoms with Crippen molar-refractivity contribution in [2.24, 2.45) is 0 Å². The highest BCUT2D eigenvalue weighted by Gasteiger charge is 2.52. The van der Waals surface area contributed by atoms with E-state index in [0.717, 1.165) is 6.07 Å². The number of anilines is 2. The number of benzene rings is 2. The topological polar surface area (TPSA) is 169 Å². The van der Waals surface area contributed by atoms with Crippen LogP contribution in [0.1, 0.15) is 59.5 Å². The molecule has 3 heterocycles. The molecule has 0 bridgehead atoms.